The summed E-state index contributed by atoms with van der Waals surface area (Å²) in [6.45, 7) is 4.58. The first kappa shape index (κ1) is 17.6. The number of rotatable bonds is 6. The van der Waals surface area contributed by atoms with Crippen molar-refractivity contribution in [3.63, 3.8) is 0 Å². The molecule has 24 heavy (non-hydrogen) atoms. The average molecular weight is 327 g/mol. The van der Waals surface area contributed by atoms with Gasteiger partial charge in [-0.25, -0.2) is 4.79 Å². The number of benzene rings is 1. The molecule has 0 aliphatic heterocycles. The van der Waals surface area contributed by atoms with Crippen LogP contribution in [0.5, 0.6) is 5.75 Å². The zero-order valence-electron chi connectivity index (χ0n) is 14.2. The van der Waals surface area contributed by atoms with Crippen molar-refractivity contribution in [3.8, 4) is 18.1 Å². The monoisotopic (exact) mass is 327 g/mol. The number of fused-ring (bicyclic) bond motifs is 1. The topological polar surface area (TPSA) is 57.5 Å². The Morgan fingerprint density at radius 2 is 2.08 bits per heavy atom. The number of carbonyl (C=O) groups is 1. The molecule has 126 valence electrons. The highest BCUT2D eigenvalue weighted by molar-refractivity contribution is 5.95. The summed E-state index contributed by atoms with van der Waals surface area (Å²) in [4.78, 5) is 24.8. The predicted octanol–water partition coefficient (Wildman–Crippen LogP) is 2.77. The van der Waals surface area contributed by atoms with E-state index in [0.717, 1.165) is 18.4 Å². The third-order valence-electron chi connectivity index (χ3n) is 3.84. The number of aryl methyl sites for hydroxylation is 2. The van der Waals surface area contributed by atoms with Crippen LogP contribution in [0, 0.1) is 12.3 Å². The zero-order chi connectivity index (χ0) is 17.7. The van der Waals surface area contributed by atoms with Gasteiger partial charge in [-0.2, -0.15) is 0 Å². The number of carbonyl (C=O) groups excluding carboxylic acids is 1. The zero-order valence-corrected chi connectivity index (χ0v) is 14.2. The van der Waals surface area contributed by atoms with Crippen LogP contribution in [0.25, 0.3) is 10.9 Å². The summed E-state index contributed by atoms with van der Waals surface area (Å²) in [5.41, 5.74) is 1.66. The maximum atomic E-state index is 12.7. The van der Waals surface area contributed by atoms with Crippen molar-refractivity contribution in [2.75, 3.05) is 13.7 Å². The van der Waals surface area contributed by atoms with E-state index in [1.165, 1.54) is 13.2 Å². The fourth-order valence-electron chi connectivity index (χ4n) is 2.87. The molecule has 0 unspecified atom stereocenters. The SMILES string of the molecule is C#CCOc1ccc(CCC)c2c1c(=O)cc(C(=O)OC)n2CC. The lowest BCUT2D eigenvalue weighted by molar-refractivity contribution is 0.0588. The minimum Gasteiger partial charge on any atom is -0.480 e. The Morgan fingerprint density at radius 1 is 1.33 bits per heavy atom. The molecule has 5 heteroatoms. The maximum absolute atomic E-state index is 12.7. The second-order valence-electron chi connectivity index (χ2n) is 5.32. The van der Waals surface area contributed by atoms with E-state index in [1.54, 1.807) is 10.6 Å². The lowest BCUT2D eigenvalue weighted by Crippen LogP contribution is -2.20. The van der Waals surface area contributed by atoms with Crippen LogP contribution in [0.1, 0.15) is 36.3 Å². The molecule has 1 heterocycles. The first-order valence-corrected chi connectivity index (χ1v) is 7.92. The molecule has 0 amide bonds. The molecule has 2 aromatic rings. The van der Waals surface area contributed by atoms with Gasteiger partial charge in [0.05, 0.1) is 18.0 Å². The molecule has 1 aromatic carbocycles. The molecule has 0 aliphatic rings. The third-order valence-corrected chi connectivity index (χ3v) is 3.84. The molecule has 5 nitrogen and oxygen atoms in total. The van der Waals surface area contributed by atoms with E-state index in [4.69, 9.17) is 15.9 Å². The van der Waals surface area contributed by atoms with Crippen LogP contribution in [0.15, 0.2) is 23.0 Å². The highest BCUT2D eigenvalue weighted by Gasteiger charge is 2.19. The molecule has 0 aliphatic carbocycles. The molecule has 0 atom stereocenters. The van der Waals surface area contributed by atoms with Crippen LogP contribution in [0.3, 0.4) is 0 Å². The van der Waals surface area contributed by atoms with Gasteiger partial charge in [-0.15, -0.1) is 6.42 Å². The molecule has 0 bridgehead atoms. The molecule has 2 rings (SSSR count). The van der Waals surface area contributed by atoms with Gasteiger partial charge in [-0.05, 0) is 25.0 Å². The highest BCUT2D eigenvalue weighted by atomic mass is 16.5. The van der Waals surface area contributed by atoms with Crippen molar-refractivity contribution in [2.24, 2.45) is 0 Å². The van der Waals surface area contributed by atoms with E-state index in [1.807, 2.05) is 13.0 Å². The van der Waals surface area contributed by atoms with E-state index in [2.05, 4.69) is 12.8 Å². The molecule has 0 radical (unpaired) electrons. The van der Waals surface area contributed by atoms with Gasteiger partial charge in [-0.1, -0.05) is 25.3 Å². The van der Waals surface area contributed by atoms with Crippen molar-refractivity contribution >= 4 is 16.9 Å². The fraction of sp³-hybridized carbons (Fsp3) is 0.368. The molecule has 1 aromatic heterocycles. The molecule has 0 N–H and O–H groups in total. The number of hydrogen-bond donors (Lipinski definition) is 0. The van der Waals surface area contributed by atoms with Gasteiger partial charge in [0.1, 0.15) is 18.1 Å². The average Bonchev–Trinajstić information content (AvgIpc) is 2.60. The van der Waals surface area contributed by atoms with Crippen LogP contribution in [0.2, 0.25) is 0 Å². The van der Waals surface area contributed by atoms with Crippen molar-refractivity contribution in [1.82, 2.24) is 4.57 Å². The molecule has 0 spiro atoms. The van der Waals surface area contributed by atoms with Gasteiger partial charge in [0.2, 0.25) is 0 Å². The van der Waals surface area contributed by atoms with Gasteiger partial charge < -0.3 is 14.0 Å². The normalized spacial score (nSPS) is 10.4. The Morgan fingerprint density at radius 3 is 2.67 bits per heavy atom. The van der Waals surface area contributed by atoms with Gasteiger partial charge in [0, 0.05) is 12.6 Å². The van der Waals surface area contributed by atoms with Crippen LogP contribution >= 0.6 is 0 Å². The molecular formula is C19H21NO4. The predicted molar refractivity (Wildman–Crippen MR) is 93.5 cm³/mol. The number of aromatic nitrogens is 1. The number of nitrogens with zero attached hydrogens (tertiary/aromatic N) is 1. The minimum absolute atomic E-state index is 0.0759. The Labute approximate surface area is 141 Å². The second kappa shape index (κ2) is 7.69. The number of hydrogen-bond acceptors (Lipinski definition) is 4. The molecule has 0 fully saturated rings. The first-order valence-electron chi connectivity index (χ1n) is 7.92. The number of esters is 1. The van der Waals surface area contributed by atoms with E-state index in [-0.39, 0.29) is 17.7 Å². The minimum atomic E-state index is -0.534. The Hall–Kier alpha value is -2.74. The van der Waals surface area contributed by atoms with Crippen molar-refractivity contribution in [3.05, 3.63) is 39.7 Å². The Bertz CT molecular complexity index is 858. The summed E-state index contributed by atoms with van der Waals surface area (Å²) in [7, 11) is 1.30. The van der Waals surface area contributed by atoms with Gasteiger partial charge in [0.25, 0.3) is 0 Å². The third kappa shape index (κ3) is 3.13. The Balaban J connectivity index is 2.91. The standard InChI is InChI=1S/C19H21NO4/c1-5-8-13-9-10-16(24-11-6-2)17-15(21)12-14(19(22)23-4)20(7-3)18(13)17/h2,9-10,12H,5,7-8,11H2,1,3-4H3. The van der Waals surface area contributed by atoms with Crippen molar-refractivity contribution in [1.29, 1.82) is 0 Å². The number of methoxy groups -OCH3 is 1. The van der Waals surface area contributed by atoms with Crippen LogP contribution in [-0.2, 0) is 17.7 Å². The van der Waals surface area contributed by atoms with E-state index in [0.29, 0.717) is 23.2 Å². The van der Waals surface area contributed by atoms with Gasteiger partial charge >= 0.3 is 5.97 Å². The van der Waals surface area contributed by atoms with Crippen molar-refractivity contribution in [2.45, 2.75) is 33.2 Å². The van der Waals surface area contributed by atoms with Crippen LogP contribution in [0.4, 0.5) is 0 Å². The lowest BCUT2D eigenvalue weighted by Gasteiger charge is -2.18. The summed E-state index contributed by atoms with van der Waals surface area (Å²) < 4.78 is 12.2. The highest BCUT2D eigenvalue weighted by Crippen LogP contribution is 2.28. The van der Waals surface area contributed by atoms with E-state index < -0.39 is 5.97 Å². The summed E-state index contributed by atoms with van der Waals surface area (Å²) in [6.07, 6.45) is 6.96. The van der Waals surface area contributed by atoms with Crippen molar-refractivity contribution < 1.29 is 14.3 Å². The van der Waals surface area contributed by atoms with Gasteiger partial charge in [0.15, 0.2) is 5.43 Å². The summed E-state index contributed by atoms with van der Waals surface area (Å²) >= 11 is 0. The first-order chi connectivity index (χ1) is 11.6. The molecule has 0 saturated carbocycles. The number of ether oxygens (including phenoxy) is 2. The van der Waals surface area contributed by atoms with E-state index in [9.17, 15) is 9.59 Å². The van der Waals surface area contributed by atoms with Crippen LogP contribution in [-0.4, -0.2) is 24.3 Å². The number of pyridine rings is 1. The summed E-state index contributed by atoms with van der Waals surface area (Å²) in [6, 6.07) is 4.99. The van der Waals surface area contributed by atoms with Crippen LogP contribution < -0.4 is 10.2 Å². The molecular weight excluding hydrogens is 306 g/mol. The fourth-order valence-corrected chi connectivity index (χ4v) is 2.87. The maximum Gasteiger partial charge on any atom is 0.354 e. The smallest absolute Gasteiger partial charge is 0.354 e. The second-order valence-corrected chi connectivity index (χ2v) is 5.32. The molecule has 0 saturated heterocycles. The quantitative estimate of drug-likeness (QED) is 0.605. The lowest BCUT2D eigenvalue weighted by atomic mass is 10.0. The van der Waals surface area contributed by atoms with E-state index >= 15 is 0 Å². The summed E-state index contributed by atoms with van der Waals surface area (Å²) in [5.74, 6) is 2.30. The summed E-state index contributed by atoms with van der Waals surface area (Å²) in [5, 5.41) is 0.450. The largest absolute Gasteiger partial charge is 0.480 e. The van der Waals surface area contributed by atoms with Gasteiger partial charge in [-0.3, -0.25) is 4.79 Å². The Kier molecular flexibility index (Phi) is 5.64. The number of terminal acetylenes is 1.